The molecule has 0 heterocycles. The molecule has 0 aromatic heterocycles. The molecule has 0 aromatic carbocycles. The van der Waals surface area contributed by atoms with E-state index in [2.05, 4.69) is 0 Å². The molecule has 0 aliphatic carbocycles. The molecule has 0 radical (unpaired) electrons. The van der Waals surface area contributed by atoms with E-state index < -0.39 is 50.2 Å². The molecule has 0 amide bonds. The van der Waals surface area contributed by atoms with Gasteiger partial charge in [-0.1, -0.05) is 13.7 Å². The summed E-state index contributed by atoms with van der Waals surface area (Å²) in [6.07, 6.45) is -5.00. The third-order valence-corrected chi connectivity index (χ3v) is 0.995. The number of carbonyl (C=O) groups is 2. The van der Waals surface area contributed by atoms with E-state index in [1.807, 2.05) is 0 Å². The van der Waals surface area contributed by atoms with Crippen molar-refractivity contribution in [3.8, 4) is 0 Å². The Morgan fingerprint density at radius 3 is 2.50 bits per heavy atom. The zero-order chi connectivity index (χ0) is 17.4. The zero-order valence-corrected chi connectivity index (χ0v) is 6.00. The fourth-order valence-corrected chi connectivity index (χ4v) is 0.549. The second kappa shape index (κ2) is 4.74. The molecule has 0 rings (SSSR count). The van der Waals surface area contributed by atoms with Crippen LogP contribution in [0.4, 0.5) is 0 Å². The summed E-state index contributed by atoms with van der Waals surface area (Å²) in [5, 5.41) is 17.5. The van der Waals surface area contributed by atoms with Crippen LogP contribution in [0.2, 0.25) is 0 Å². The Labute approximate surface area is 83.9 Å². The minimum atomic E-state index is -3.80. The molecule has 12 heavy (non-hydrogen) atoms. The molecule has 0 bridgehead atoms. The first-order valence-corrected chi connectivity index (χ1v) is 2.94. The molecular formula is C8H14O4. The highest BCUT2D eigenvalue weighted by molar-refractivity contribution is 5.77. The topological polar surface area (TPSA) is 74.6 Å². The summed E-state index contributed by atoms with van der Waals surface area (Å²) in [5.41, 5.74) is 0. The van der Waals surface area contributed by atoms with E-state index in [-0.39, 0.29) is 0 Å². The van der Waals surface area contributed by atoms with E-state index >= 15 is 0 Å². The number of hydrogen-bond donors (Lipinski definition) is 2. The number of carboxylic acids is 2. The Kier molecular flexibility index (Phi) is 1.19. The van der Waals surface area contributed by atoms with Gasteiger partial charge < -0.3 is 10.2 Å². The Balaban J connectivity index is 6.22. The van der Waals surface area contributed by atoms with Gasteiger partial charge in [0.25, 0.3) is 0 Å². The van der Waals surface area contributed by atoms with Crippen molar-refractivity contribution in [1.82, 2.24) is 0 Å². The Bertz CT molecular complexity index is 410. The van der Waals surface area contributed by atoms with Crippen molar-refractivity contribution in [2.24, 2.45) is 11.8 Å². The van der Waals surface area contributed by atoms with Gasteiger partial charge in [0.2, 0.25) is 0 Å². The largest absolute Gasteiger partial charge is 0.481 e. The lowest BCUT2D eigenvalue weighted by atomic mass is 9.94. The fraction of sp³-hybridized carbons (Fsp3) is 0.750. The second-order valence-electron chi connectivity index (χ2n) is 2.01. The smallest absolute Gasteiger partial charge is 0.307 e. The first kappa shape index (κ1) is 3.01. The quantitative estimate of drug-likeness (QED) is 0.671. The van der Waals surface area contributed by atoms with Crippen LogP contribution in [0.25, 0.3) is 0 Å². The van der Waals surface area contributed by atoms with Gasteiger partial charge in [0, 0.05) is 12.3 Å². The number of hydrogen-bond acceptors (Lipinski definition) is 2. The Morgan fingerprint density at radius 1 is 1.58 bits per heavy atom. The minimum absolute atomic E-state index is 1.35. The van der Waals surface area contributed by atoms with Crippen LogP contribution in [0.3, 0.4) is 0 Å². The van der Waals surface area contributed by atoms with Gasteiger partial charge in [-0.25, -0.2) is 0 Å². The predicted octanol–water partition coefficient (Wildman–Crippen LogP) is 1.21. The molecule has 4 heteroatoms. The lowest BCUT2D eigenvalue weighted by Crippen LogP contribution is -2.19. The first-order chi connectivity index (χ1) is 9.00. The maximum absolute atomic E-state index is 11.0. The van der Waals surface area contributed by atoms with Crippen LogP contribution in [-0.2, 0) is 9.59 Å². The molecule has 0 aliphatic rings. The molecule has 0 aliphatic heterocycles. The predicted molar refractivity (Wildman–Crippen MR) is 42.8 cm³/mol. The van der Waals surface area contributed by atoms with Crippen molar-refractivity contribution in [3.05, 3.63) is 0 Å². The molecule has 1 unspecified atom stereocenters. The van der Waals surface area contributed by atoms with Crippen molar-refractivity contribution < 1.29 is 32.1 Å². The van der Waals surface area contributed by atoms with Gasteiger partial charge in [-0.2, -0.15) is 0 Å². The highest BCUT2D eigenvalue weighted by Crippen LogP contribution is 2.15. The van der Waals surface area contributed by atoms with E-state index in [0.29, 0.717) is 0 Å². The summed E-state index contributed by atoms with van der Waals surface area (Å²) in [4.78, 5) is 21.6. The minimum Gasteiger partial charge on any atom is -0.481 e. The van der Waals surface area contributed by atoms with Crippen LogP contribution in [-0.4, -0.2) is 22.2 Å². The number of rotatable bonds is 5. The van der Waals surface area contributed by atoms with Gasteiger partial charge in [-0.05, 0) is 12.3 Å². The Morgan fingerprint density at radius 2 is 2.17 bits per heavy atom. The molecule has 0 fully saturated rings. The molecule has 0 saturated carbocycles. The molecule has 0 saturated heterocycles. The standard InChI is InChI=1S/C8H14O4/c1-5(2)3-6(8(11)12)4-7(9)10/h5-6H,3-4H2,1-2H3,(H,9,10)(H,11,12)/i1D3,2D3,3D2,5D. The van der Waals surface area contributed by atoms with Crippen LogP contribution in [0.5, 0.6) is 0 Å². The third kappa shape index (κ3) is 4.71. The summed E-state index contributed by atoms with van der Waals surface area (Å²) in [7, 11) is 0. The average molecular weight is 183 g/mol. The normalized spacial score (nSPS) is 28.2. The Hall–Kier alpha value is -1.06. The summed E-state index contributed by atoms with van der Waals surface area (Å²) in [6, 6.07) is 0. The number of carboxylic acid groups (broad SMARTS) is 2. The van der Waals surface area contributed by atoms with Crippen molar-refractivity contribution >= 4 is 11.9 Å². The van der Waals surface area contributed by atoms with Crippen molar-refractivity contribution in [3.63, 3.8) is 0 Å². The SMILES string of the molecule is [2H]C([2H])([2H])C([2H])(C([2H])([2H])[2H])C([2H])([2H])C(CC(=O)O)C(=O)O. The van der Waals surface area contributed by atoms with Gasteiger partial charge in [-0.15, -0.1) is 0 Å². The van der Waals surface area contributed by atoms with Gasteiger partial charge >= 0.3 is 11.9 Å². The van der Waals surface area contributed by atoms with Crippen molar-refractivity contribution in [2.45, 2.75) is 26.5 Å². The van der Waals surface area contributed by atoms with Crippen LogP contribution in [0, 0.1) is 11.8 Å². The van der Waals surface area contributed by atoms with Gasteiger partial charge in [0.05, 0.1) is 12.3 Å². The average Bonchev–Trinajstić information content (AvgIpc) is 2.20. The van der Waals surface area contributed by atoms with E-state index in [9.17, 15) is 9.59 Å². The van der Waals surface area contributed by atoms with Crippen LogP contribution < -0.4 is 0 Å². The van der Waals surface area contributed by atoms with E-state index in [4.69, 9.17) is 22.5 Å². The lowest BCUT2D eigenvalue weighted by molar-refractivity contribution is -0.148. The summed E-state index contributed by atoms with van der Waals surface area (Å²) in [6.45, 7) is -7.40. The molecule has 1 atom stereocenters. The summed E-state index contributed by atoms with van der Waals surface area (Å²) < 4.78 is 65.5. The molecule has 2 N–H and O–H groups in total. The molecule has 0 spiro atoms. The maximum atomic E-state index is 11.0. The molecule has 0 aromatic rings. The highest BCUT2D eigenvalue weighted by Gasteiger charge is 2.21. The summed E-state index contributed by atoms with van der Waals surface area (Å²) >= 11 is 0. The van der Waals surface area contributed by atoms with E-state index in [0.717, 1.165) is 0 Å². The van der Waals surface area contributed by atoms with Crippen LogP contribution >= 0.6 is 0 Å². The van der Waals surface area contributed by atoms with Gasteiger partial charge in [-0.3, -0.25) is 9.59 Å². The van der Waals surface area contributed by atoms with Crippen molar-refractivity contribution in [1.29, 1.82) is 0 Å². The maximum Gasteiger partial charge on any atom is 0.307 e. The number of aliphatic carboxylic acids is 2. The van der Waals surface area contributed by atoms with Crippen molar-refractivity contribution in [2.75, 3.05) is 0 Å². The van der Waals surface area contributed by atoms with Gasteiger partial charge in [0.1, 0.15) is 0 Å². The molecular weight excluding hydrogens is 160 g/mol. The van der Waals surface area contributed by atoms with Gasteiger partial charge in [0.15, 0.2) is 0 Å². The van der Waals surface area contributed by atoms with Crippen LogP contribution in [0.15, 0.2) is 0 Å². The molecule has 70 valence electrons. The second-order valence-corrected chi connectivity index (χ2v) is 2.01. The molecule has 4 nitrogen and oxygen atoms in total. The third-order valence-electron chi connectivity index (χ3n) is 0.995. The first-order valence-electron chi connectivity index (χ1n) is 7.44. The summed E-state index contributed by atoms with van der Waals surface area (Å²) in [5.74, 6) is -10.1. The van der Waals surface area contributed by atoms with E-state index in [1.165, 1.54) is 0 Å². The van der Waals surface area contributed by atoms with E-state index in [1.54, 1.807) is 0 Å². The fourth-order valence-electron chi connectivity index (χ4n) is 0.549. The van der Waals surface area contributed by atoms with Crippen LogP contribution in [0.1, 0.15) is 38.8 Å². The zero-order valence-electron chi connectivity index (χ0n) is 15.0. The lowest BCUT2D eigenvalue weighted by Gasteiger charge is -2.11. The highest BCUT2D eigenvalue weighted by atomic mass is 16.4. The monoisotopic (exact) mass is 183 g/mol.